The summed E-state index contributed by atoms with van der Waals surface area (Å²) in [7, 11) is 1.65. The summed E-state index contributed by atoms with van der Waals surface area (Å²) in [5, 5.41) is 9.35. The fourth-order valence-electron chi connectivity index (χ4n) is 1.46. The standard InChI is InChI=1S/C14H12INO/c1-17-14-9-7-13(8-10-14)15(11-16)12-5-3-2-4-6-12/h2-10H,1H3. The van der Waals surface area contributed by atoms with Crippen LogP contribution in [-0.2, 0) is 0 Å². The summed E-state index contributed by atoms with van der Waals surface area (Å²) in [6.45, 7) is 0. The van der Waals surface area contributed by atoms with E-state index in [-0.39, 0.29) is 0 Å². The summed E-state index contributed by atoms with van der Waals surface area (Å²) >= 11 is -1.90. The Morgan fingerprint density at radius 1 is 0.941 bits per heavy atom. The van der Waals surface area contributed by atoms with Crippen molar-refractivity contribution in [1.82, 2.24) is 0 Å². The quantitative estimate of drug-likeness (QED) is 0.800. The minimum atomic E-state index is -1.90. The molecular formula is C14H12INO. The Bertz CT molecular complexity index is 516. The van der Waals surface area contributed by atoms with E-state index in [2.05, 4.69) is 4.08 Å². The van der Waals surface area contributed by atoms with Gasteiger partial charge in [0.25, 0.3) is 0 Å². The molecule has 0 bridgehead atoms. The van der Waals surface area contributed by atoms with Gasteiger partial charge in [-0.3, -0.25) is 0 Å². The summed E-state index contributed by atoms with van der Waals surface area (Å²) < 4.78 is 9.92. The summed E-state index contributed by atoms with van der Waals surface area (Å²) in [6.07, 6.45) is 0. The molecule has 0 amide bonds. The van der Waals surface area contributed by atoms with E-state index in [0.717, 1.165) is 9.32 Å². The van der Waals surface area contributed by atoms with E-state index in [1.165, 1.54) is 3.57 Å². The zero-order chi connectivity index (χ0) is 12.1. The van der Waals surface area contributed by atoms with Gasteiger partial charge in [0.05, 0.1) is 0 Å². The van der Waals surface area contributed by atoms with Crippen molar-refractivity contribution >= 4 is 19.8 Å². The molecule has 0 atom stereocenters. The van der Waals surface area contributed by atoms with E-state index in [1.54, 1.807) is 7.11 Å². The first kappa shape index (κ1) is 11.9. The van der Waals surface area contributed by atoms with Crippen LogP contribution in [0.15, 0.2) is 54.6 Å². The molecule has 0 saturated heterocycles. The van der Waals surface area contributed by atoms with Gasteiger partial charge in [-0.25, -0.2) is 0 Å². The van der Waals surface area contributed by atoms with Gasteiger partial charge in [0.2, 0.25) is 0 Å². The fourth-order valence-corrected chi connectivity index (χ4v) is 4.95. The van der Waals surface area contributed by atoms with Crippen LogP contribution in [-0.4, -0.2) is 7.11 Å². The molecular weight excluding hydrogens is 325 g/mol. The van der Waals surface area contributed by atoms with Crippen molar-refractivity contribution in [2.24, 2.45) is 0 Å². The van der Waals surface area contributed by atoms with Gasteiger partial charge in [0.1, 0.15) is 0 Å². The van der Waals surface area contributed by atoms with Crippen LogP contribution in [0.5, 0.6) is 5.75 Å². The number of nitriles is 1. The topological polar surface area (TPSA) is 33.0 Å². The molecule has 0 radical (unpaired) electrons. The van der Waals surface area contributed by atoms with Crippen LogP contribution < -0.4 is 4.74 Å². The molecule has 0 aliphatic rings. The predicted octanol–water partition coefficient (Wildman–Crippen LogP) is 3.72. The molecule has 0 fully saturated rings. The Morgan fingerprint density at radius 3 is 2.06 bits per heavy atom. The van der Waals surface area contributed by atoms with Crippen LogP contribution in [0.1, 0.15) is 0 Å². The zero-order valence-electron chi connectivity index (χ0n) is 9.43. The van der Waals surface area contributed by atoms with Crippen molar-refractivity contribution < 1.29 is 4.74 Å². The number of rotatable bonds is 3. The van der Waals surface area contributed by atoms with E-state index in [0.29, 0.717) is 0 Å². The number of nitrogens with zero attached hydrogens (tertiary/aromatic N) is 1. The SMILES string of the molecule is COc1ccc(I(C#N)c2ccccc2)cc1. The molecule has 0 aliphatic carbocycles. The van der Waals surface area contributed by atoms with E-state index >= 15 is 0 Å². The molecule has 0 aliphatic heterocycles. The van der Waals surface area contributed by atoms with Gasteiger partial charge in [-0.15, -0.1) is 0 Å². The van der Waals surface area contributed by atoms with E-state index in [4.69, 9.17) is 4.74 Å². The minimum absolute atomic E-state index is 0.829. The van der Waals surface area contributed by atoms with Crippen LogP contribution in [0.4, 0.5) is 0 Å². The third-order valence-electron chi connectivity index (χ3n) is 2.30. The van der Waals surface area contributed by atoms with Crippen molar-refractivity contribution in [3.63, 3.8) is 0 Å². The summed E-state index contributed by atoms with van der Waals surface area (Å²) in [5.41, 5.74) is 0. The summed E-state index contributed by atoms with van der Waals surface area (Å²) in [6, 6.07) is 17.9. The molecule has 2 aromatic carbocycles. The molecule has 0 heterocycles. The average Bonchev–Trinajstić information content (AvgIpc) is 2.42. The van der Waals surface area contributed by atoms with E-state index < -0.39 is 19.8 Å². The molecule has 0 N–H and O–H groups in total. The van der Waals surface area contributed by atoms with Crippen molar-refractivity contribution in [2.45, 2.75) is 0 Å². The van der Waals surface area contributed by atoms with Crippen molar-refractivity contribution in [3.05, 3.63) is 61.7 Å². The Hall–Kier alpha value is -1.54. The van der Waals surface area contributed by atoms with Gasteiger partial charge in [-0.05, 0) is 0 Å². The second-order valence-corrected chi connectivity index (χ2v) is 7.91. The maximum atomic E-state index is 9.35. The van der Waals surface area contributed by atoms with Crippen LogP contribution in [0.2, 0.25) is 0 Å². The van der Waals surface area contributed by atoms with Gasteiger partial charge < -0.3 is 0 Å². The van der Waals surface area contributed by atoms with Crippen LogP contribution in [0.25, 0.3) is 0 Å². The molecule has 2 nitrogen and oxygen atoms in total. The number of hydrogen-bond acceptors (Lipinski definition) is 2. The molecule has 3 heteroatoms. The van der Waals surface area contributed by atoms with Crippen molar-refractivity contribution in [2.75, 3.05) is 7.11 Å². The van der Waals surface area contributed by atoms with Gasteiger partial charge in [0.15, 0.2) is 0 Å². The molecule has 0 spiro atoms. The third kappa shape index (κ3) is 2.77. The molecule has 2 rings (SSSR count). The van der Waals surface area contributed by atoms with Crippen molar-refractivity contribution in [1.29, 1.82) is 5.26 Å². The number of ether oxygens (including phenoxy) is 1. The molecule has 0 saturated carbocycles. The van der Waals surface area contributed by atoms with E-state index in [1.807, 2.05) is 54.6 Å². The van der Waals surface area contributed by atoms with Crippen LogP contribution >= 0.6 is 19.8 Å². The zero-order valence-corrected chi connectivity index (χ0v) is 11.6. The molecule has 0 unspecified atom stereocenters. The first-order valence-electron chi connectivity index (χ1n) is 5.13. The Kier molecular flexibility index (Phi) is 3.99. The average molecular weight is 337 g/mol. The number of methoxy groups -OCH3 is 1. The Morgan fingerprint density at radius 2 is 1.53 bits per heavy atom. The normalized spacial score (nSPS) is 10.5. The Balaban J connectivity index is 2.33. The molecule has 86 valence electrons. The summed E-state index contributed by atoms with van der Waals surface area (Å²) in [5.74, 6) is 0.829. The first-order valence-corrected chi connectivity index (χ1v) is 8.37. The third-order valence-corrected chi connectivity index (χ3v) is 6.72. The second-order valence-electron chi connectivity index (χ2n) is 3.32. The van der Waals surface area contributed by atoms with Gasteiger partial charge in [0, 0.05) is 0 Å². The predicted molar refractivity (Wildman–Crippen MR) is 76.5 cm³/mol. The summed E-state index contributed by atoms with van der Waals surface area (Å²) in [4.78, 5) is 0. The number of benzene rings is 2. The van der Waals surface area contributed by atoms with Gasteiger partial charge >= 0.3 is 108 Å². The van der Waals surface area contributed by atoms with Gasteiger partial charge in [-0.1, -0.05) is 0 Å². The van der Waals surface area contributed by atoms with E-state index in [9.17, 15) is 5.26 Å². The maximum absolute atomic E-state index is 9.35. The van der Waals surface area contributed by atoms with Gasteiger partial charge in [-0.2, -0.15) is 0 Å². The number of halogens is 1. The number of hydrogen-bond donors (Lipinski definition) is 0. The molecule has 0 aromatic heterocycles. The monoisotopic (exact) mass is 337 g/mol. The Labute approximate surface area is 108 Å². The van der Waals surface area contributed by atoms with Crippen LogP contribution in [0.3, 0.4) is 0 Å². The molecule has 17 heavy (non-hydrogen) atoms. The first-order chi connectivity index (χ1) is 8.35. The second kappa shape index (κ2) is 5.69. The molecule has 2 aromatic rings. The van der Waals surface area contributed by atoms with Crippen molar-refractivity contribution in [3.8, 4) is 9.83 Å². The fraction of sp³-hybridized carbons (Fsp3) is 0.0714. The van der Waals surface area contributed by atoms with Crippen LogP contribution in [0, 0.1) is 16.5 Å².